The largest absolute Gasteiger partial charge is 0.382 e. The maximum absolute atomic E-state index is 5.83. The Hall–Kier alpha value is -4.48. The number of azo groups is 2. The molecule has 0 amide bonds. The monoisotopic (exact) mass is 404 g/mol. The van der Waals surface area contributed by atoms with Gasteiger partial charge in [-0.25, -0.2) is 0 Å². The van der Waals surface area contributed by atoms with E-state index in [1.54, 1.807) is 6.08 Å². The van der Waals surface area contributed by atoms with Crippen LogP contribution in [-0.2, 0) is 0 Å². The summed E-state index contributed by atoms with van der Waals surface area (Å²) < 4.78 is 0. The van der Waals surface area contributed by atoms with Gasteiger partial charge in [-0.1, -0.05) is 42.5 Å². The first-order valence-corrected chi connectivity index (χ1v) is 8.96. The van der Waals surface area contributed by atoms with Crippen molar-refractivity contribution in [2.45, 2.75) is 12.1 Å². The van der Waals surface area contributed by atoms with Gasteiger partial charge in [0.1, 0.15) is 11.6 Å². The Balaban J connectivity index is 1.74. The van der Waals surface area contributed by atoms with Crippen LogP contribution in [0.15, 0.2) is 69.0 Å². The van der Waals surface area contributed by atoms with Crippen molar-refractivity contribution in [1.29, 1.82) is 0 Å². The van der Waals surface area contributed by atoms with Crippen molar-refractivity contribution in [3.8, 4) is 0 Å². The first-order valence-electron chi connectivity index (χ1n) is 8.96. The minimum absolute atomic E-state index is 0.130. The Labute approximate surface area is 170 Å². The Morgan fingerprint density at radius 1 is 0.833 bits per heavy atom. The van der Waals surface area contributed by atoms with Gasteiger partial charge >= 0.3 is 0 Å². The van der Waals surface area contributed by atoms with E-state index >= 15 is 0 Å². The Morgan fingerprint density at radius 2 is 1.40 bits per heavy atom. The molecular weight excluding hydrogens is 384 g/mol. The highest BCUT2D eigenvalue weighted by Crippen LogP contribution is 2.38. The fourth-order valence-corrected chi connectivity index (χ4v) is 2.94. The third-order valence-corrected chi connectivity index (χ3v) is 4.49. The van der Waals surface area contributed by atoms with E-state index in [1.807, 2.05) is 42.5 Å². The normalized spacial score (nSPS) is 15.8. The first-order chi connectivity index (χ1) is 14.5. The van der Waals surface area contributed by atoms with E-state index < -0.39 is 5.66 Å². The Kier molecular flexibility index (Phi) is 4.72. The number of aromatic nitrogens is 4. The summed E-state index contributed by atoms with van der Waals surface area (Å²) in [5, 5.41) is 30.0. The lowest BCUT2D eigenvalue weighted by Crippen LogP contribution is -2.22. The fraction of sp³-hybridized carbons (Fsp3) is 0.111. The lowest BCUT2D eigenvalue weighted by atomic mass is 9.91. The summed E-state index contributed by atoms with van der Waals surface area (Å²) in [7, 11) is 0. The zero-order valence-electron chi connectivity index (χ0n) is 15.8. The van der Waals surface area contributed by atoms with Gasteiger partial charge in [-0.2, -0.15) is 20.4 Å². The lowest BCUT2D eigenvalue weighted by molar-refractivity contribution is 0.518. The summed E-state index contributed by atoms with van der Waals surface area (Å²) in [6.07, 6.45) is 5.98. The van der Waals surface area contributed by atoms with E-state index in [2.05, 4.69) is 40.9 Å². The van der Waals surface area contributed by atoms with Crippen LogP contribution in [-0.4, -0.2) is 26.1 Å². The number of nitrogens with zero attached hydrogens (tertiary/aromatic N) is 6. The average Bonchev–Trinajstić information content (AvgIpc) is 3.26. The van der Waals surface area contributed by atoms with Crippen LogP contribution in [0, 0.1) is 0 Å². The fourth-order valence-electron chi connectivity index (χ4n) is 2.94. The average molecular weight is 404 g/mol. The van der Waals surface area contributed by atoms with Crippen LogP contribution in [0.3, 0.4) is 0 Å². The number of H-pyrrole nitrogens is 2. The molecule has 152 valence electrons. The van der Waals surface area contributed by atoms with Gasteiger partial charge in [-0.05, 0) is 17.2 Å². The maximum atomic E-state index is 5.83. The number of nitrogens with one attached hydrogen (secondary N) is 2. The molecule has 1 aliphatic carbocycles. The summed E-state index contributed by atoms with van der Waals surface area (Å²) in [5.41, 5.74) is 24.6. The van der Waals surface area contributed by atoms with Crippen LogP contribution in [0.2, 0.25) is 0 Å². The van der Waals surface area contributed by atoms with Crippen molar-refractivity contribution >= 4 is 40.2 Å². The number of aromatic amines is 2. The van der Waals surface area contributed by atoms with Crippen LogP contribution in [0.5, 0.6) is 0 Å². The number of nitrogen functional groups attached to an aromatic ring is 4. The van der Waals surface area contributed by atoms with Gasteiger partial charge in [-0.3, -0.25) is 10.2 Å². The maximum Gasteiger partial charge on any atom is 0.214 e. The molecule has 10 N–H and O–H groups in total. The summed E-state index contributed by atoms with van der Waals surface area (Å²) in [6.45, 7) is 0. The second kappa shape index (κ2) is 7.50. The molecule has 0 atom stereocenters. The topological polar surface area (TPSA) is 211 Å². The van der Waals surface area contributed by atoms with Crippen LogP contribution in [0.1, 0.15) is 12.0 Å². The number of allylic oxidation sites excluding steroid dienone is 2. The molecule has 12 heteroatoms. The van der Waals surface area contributed by atoms with E-state index in [0.29, 0.717) is 6.42 Å². The van der Waals surface area contributed by atoms with Crippen LogP contribution in [0.4, 0.5) is 34.6 Å². The van der Waals surface area contributed by atoms with Gasteiger partial charge in [-0.15, -0.1) is 10.2 Å². The molecule has 0 unspecified atom stereocenters. The lowest BCUT2D eigenvalue weighted by Gasteiger charge is -2.24. The standard InChI is InChI=1S/C18H20N12/c19-14-12(15(20)26-25-14)23-29-18(30-24-13-16(21)27-28-17(13)22)8-4-7-11(9-18)10-5-2-1-3-6-10/h1-8H,9H2,(H5,19,20,25,26)(H5,21,22,27,28)/b29-23+,30-24+. The third kappa shape index (κ3) is 3.61. The number of hydrogen-bond acceptors (Lipinski definition) is 10. The van der Waals surface area contributed by atoms with Crippen molar-refractivity contribution in [3.05, 3.63) is 54.1 Å². The molecule has 3 aromatic rings. The number of nitrogens with two attached hydrogens (primary N) is 4. The second-order valence-electron chi connectivity index (χ2n) is 6.61. The summed E-state index contributed by atoms with van der Waals surface area (Å²) >= 11 is 0. The first kappa shape index (κ1) is 18.9. The minimum Gasteiger partial charge on any atom is -0.382 e. The van der Waals surface area contributed by atoms with Crippen molar-refractivity contribution in [3.63, 3.8) is 0 Å². The van der Waals surface area contributed by atoms with Gasteiger partial charge < -0.3 is 22.9 Å². The predicted molar refractivity (Wildman–Crippen MR) is 115 cm³/mol. The molecule has 0 fully saturated rings. The highest BCUT2D eigenvalue weighted by Gasteiger charge is 2.31. The number of benzene rings is 1. The molecule has 0 saturated heterocycles. The molecular formula is C18H20N12. The van der Waals surface area contributed by atoms with E-state index in [9.17, 15) is 0 Å². The molecule has 4 rings (SSSR count). The van der Waals surface area contributed by atoms with Gasteiger partial charge in [0.05, 0.1) is 0 Å². The molecule has 12 nitrogen and oxygen atoms in total. The predicted octanol–water partition coefficient (Wildman–Crippen LogP) is 3.07. The van der Waals surface area contributed by atoms with Crippen molar-refractivity contribution in [2.24, 2.45) is 20.5 Å². The quantitative estimate of drug-likeness (QED) is 0.351. The van der Waals surface area contributed by atoms with Crippen molar-refractivity contribution in [1.82, 2.24) is 20.4 Å². The zero-order chi connectivity index (χ0) is 21.1. The van der Waals surface area contributed by atoms with Crippen LogP contribution in [0.25, 0.3) is 5.57 Å². The SMILES string of the molecule is Nc1n[nH]c(N)c1/N=N/C1(/N=N/c2c(N)n[nH]c2N)C=CC=C(c2ccccc2)C1. The molecule has 0 saturated carbocycles. The number of rotatable bonds is 5. The molecule has 0 aliphatic heterocycles. The Bertz CT molecular complexity index is 1070. The van der Waals surface area contributed by atoms with Gasteiger partial charge in [0.25, 0.3) is 0 Å². The molecule has 1 aromatic carbocycles. The van der Waals surface area contributed by atoms with Crippen molar-refractivity contribution in [2.75, 3.05) is 22.9 Å². The molecule has 30 heavy (non-hydrogen) atoms. The van der Waals surface area contributed by atoms with E-state index in [-0.39, 0.29) is 34.6 Å². The van der Waals surface area contributed by atoms with Crippen molar-refractivity contribution < 1.29 is 0 Å². The molecule has 2 heterocycles. The Morgan fingerprint density at radius 3 is 1.90 bits per heavy atom. The summed E-state index contributed by atoms with van der Waals surface area (Å²) in [6, 6.07) is 9.87. The van der Waals surface area contributed by atoms with Crippen LogP contribution >= 0.6 is 0 Å². The highest BCUT2D eigenvalue weighted by atomic mass is 15.3. The van der Waals surface area contributed by atoms with Gasteiger partial charge in [0.2, 0.25) is 5.66 Å². The summed E-state index contributed by atoms with van der Waals surface area (Å²) in [4.78, 5) is 0. The van der Waals surface area contributed by atoms with Crippen LogP contribution < -0.4 is 22.9 Å². The number of anilines is 4. The van der Waals surface area contributed by atoms with E-state index in [4.69, 9.17) is 22.9 Å². The smallest absolute Gasteiger partial charge is 0.214 e. The van der Waals surface area contributed by atoms with E-state index in [1.165, 1.54) is 0 Å². The van der Waals surface area contributed by atoms with E-state index in [0.717, 1.165) is 11.1 Å². The van der Waals surface area contributed by atoms with Gasteiger partial charge in [0, 0.05) is 6.42 Å². The molecule has 0 spiro atoms. The minimum atomic E-state index is -1.17. The molecule has 1 aliphatic rings. The summed E-state index contributed by atoms with van der Waals surface area (Å²) in [5.74, 6) is 0.658. The second-order valence-corrected chi connectivity index (χ2v) is 6.61. The highest BCUT2D eigenvalue weighted by molar-refractivity contribution is 5.72. The molecule has 0 radical (unpaired) electrons. The van der Waals surface area contributed by atoms with Gasteiger partial charge in [0.15, 0.2) is 23.0 Å². The molecule has 2 aromatic heterocycles. The zero-order valence-corrected chi connectivity index (χ0v) is 15.8. The molecule has 0 bridgehead atoms. The third-order valence-electron chi connectivity index (χ3n) is 4.49. The number of hydrogen-bond donors (Lipinski definition) is 6.